The van der Waals surface area contributed by atoms with E-state index in [1.807, 2.05) is 43.3 Å². The highest BCUT2D eigenvalue weighted by molar-refractivity contribution is 6.02. The van der Waals surface area contributed by atoms with Gasteiger partial charge >= 0.3 is 6.09 Å². The monoisotopic (exact) mass is 489 g/mol. The van der Waals surface area contributed by atoms with Crippen LogP contribution in [0.2, 0.25) is 0 Å². The summed E-state index contributed by atoms with van der Waals surface area (Å²) in [4.78, 5) is 44.1. The summed E-state index contributed by atoms with van der Waals surface area (Å²) in [6.45, 7) is 2.79. The quantitative estimate of drug-likeness (QED) is 0.387. The predicted molar refractivity (Wildman–Crippen MR) is 132 cm³/mol. The average molecular weight is 490 g/mol. The fourth-order valence-electron chi connectivity index (χ4n) is 4.26. The van der Waals surface area contributed by atoms with Gasteiger partial charge in [-0.1, -0.05) is 54.1 Å². The van der Waals surface area contributed by atoms with Crippen LogP contribution in [0, 0.1) is 18.8 Å². The average Bonchev–Trinajstić information content (AvgIpc) is 2.90. The number of Topliss-reactive ketones (excluding diaryl/α,β-unsaturated/α-hetero) is 1. The molecule has 4 rings (SSSR count). The van der Waals surface area contributed by atoms with Crippen molar-refractivity contribution in [3.05, 3.63) is 101 Å². The molecule has 1 aliphatic heterocycles. The van der Waals surface area contributed by atoms with Crippen LogP contribution in [0.3, 0.4) is 0 Å². The van der Waals surface area contributed by atoms with Crippen LogP contribution in [0.15, 0.2) is 72.9 Å². The first-order valence-corrected chi connectivity index (χ1v) is 11.9. The summed E-state index contributed by atoms with van der Waals surface area (Å²) in [7, 11) is 0. The number of hydrogen-bond donors (Lipinski definition) is 1. The lowest BCUT2D eigenvalue weighted by Gasteiger charge is -2.31. The van der Waals surface area contributed by atoms with E-state index >= 15 is 0 Å². The van der Waals surface area contributed by atoms with Crippen LogP contribution in [-0.4, -0.2) is 40.8 Å². The number of nitrogens with zero attached hydrogens (tertiary/aromatic N) is 2. The standard InChI is InChI=1S/C28H28FN3O4/c1-19-6-5-9-23(16-19)26(33)25(22-10-13-30-24(29)17-22)31-27(34)21-11-14-32(15-12-21)28(35)36-18-20-7-3-2-4-8-20/h2-10,13,16-17,21,25H,11-12,14-15,18H2,1H3,(H,31,34). The minimum atomic E-state index is -1.05. The first kappa shape index (κ1) is 25.0. The molecule has 1 N–H and O–H groups in total. The minimum absolute atomic E-state index is 0.186. The summed E-state index contributed by atoms with van der Waals surface area (Å²) in [5.74, 6) is -1.76. The summed E-state index contributed by atoms with van der Waals surface area (Å²) >= 11 is 0. The number of ketones is 1. The zero-order chi connectivity index (χ0) is 25.5. The number of pyridine rings is 1. The van der Waals surface area contributed by atoms with E-state index in [1.54, 1.807) is 23.1 Å². The summed E-state index contributed by atoms with van der Waals surface area (Å²) in [6, 6.07) is 18.1. The number of aromatic nitrogens is 1. The van der Waals surface area contributed by atoms with Gasteiger partial charge in [0.2, 0.25) is 11.9 Å². The molecule has 1 unspecified atom stereocenters. The van der Waals surface area contributed by atoms with Crippen LogP contribution < -0.4 is 5.32 Å². The number of aryl methyl sites for hydroxylation is 1. The molecule has 7 nitrogen and oxygen atoms in total. The molecule has 36 heavy (non-hydrogen) atoms. The maximum absolute atomic E-state index is 13.9. The Hall–Kier alpha value is -4.07. The smallest absolute Gasteiger partial charge is 0.410 e. The van der Waals surface area contributed by atoms with Crippen molar-refractivity contribution in [2.75, 3.05) is 13.1 Å². The van der Waals surface area contributed by atoms with Gasteiger partial charge in [0, 0.05) is 30.8 Å². The Kier molecular flexibility index (Phi) is 8.05. The van der Waals surface area contributed by atoms with Crippen molar-refractivity contribution < 1.29 is 23.5 Å². The third kappa shape index (κ3) is 6.33. The van der Waals surface area contributed by atoms with Gasteiger partial charge in [0.1, 0.15) is 12.6 Å². The Morgan fingerprint density at radius 3 is 2.50 bits per heavy atom. The van der Waals surface area contributed by atoms with E-state index < -0.39 is 18.1 Å². The van der Waals surface area contributed by atoms with Crippen molar-refractivity contribution >= 4 is 17.8 Å². The number of ether oxygens (including phenoxy) is 1. The highest BCUT2D eigenvalue weighted by Crippen LogP contribution is 2.23. The van der Waals surface area contributed by atoms with Gasteiger partial charge in [0.15, 0.2) is 5.78 Å². The number of rotatable bonds is 7. The number of nitrogens with one attached hydrogen (secondary N) is 1. The van der Waals surface area contributed by atoms with Gasteiger partial charge in [-0.05, 0) is 49.1 Å². The number of amides is 2. The first-order chi connectivity index (χ1) is 17.4. The molecular formula is C28H28FN3O4. The van der Waals surface area contributed by atoms with Gasteiger partial charge in [0.25, 0.3) is 0 Å². The van der Waals surface area contributed by atoms with Crippen LogP contribution in [0.1, 0.15) is 45.9 Å². The maximum Gasteiger partial charge on any atom is 0.410 e. The number of hydrogen-bond acceptors (Lipinski definition) is 5. The Balaban J connectivity index is 1.39. The molecule has 0 bridgehead atoms. The molecule has 0 spiro atoms. The van der Waals surface area contributed by atoms with Gasteiger partial charge < -0.3 is 15.0 Å². The largest absolute Gasteiger partial charge is 0.445 e. The van der Waals surface area contributed by atoms with E-state index in [-0.39, 0.29) is 24.2 Å². The van der Waals surface area contributed by atoms with Crippen molar-refractivity contribution in [2.45, 2.75) is 32.4 Å². The number of benzene rings is 2. The van der Waals surface area contributed by atoms with Crippen molar-refractivity contribution in [2.24, 2.45) is 5.92 Å². The molecule has 2 heterocycles. The van der Waals surface area contributed by atoms with Gasteiger partial charge in [-0.3, -0.25) is 9.59 Å². The van der Waals surface area contributed by atoms with Crippen molar-refractivity contribution in [3.8, 4) is 0 Å². The molecule has 0 aliphatic carbocycles. The SMILES string of the molecule is Cc1cccc(C(=O)C(NC(=O)C2CCN(C(=O)OCc3ccccc3)CC2)c2ccnc(F)c2)c1. The molecule has 0 saturated carbocycles. The third-order valence-corrected chi connectivity index (χ3v) is 6.26. The summed E-state index contributed by atoms with van der Waals surface area (Å²) in [6.07, 6.45) is 1.72. The highest BCUT2D eigenvalue weighted by atomic mass is 19.1. The molecule has 1 aromatic heterocycles. The molecule has 1 atom stereocenters. The molecule has 3 aromatic rings. The topological polar surface area (TPSA) is 88.6 Å². The summed E-state index contributed by atoms with van der Waals surface area (Å²) in [5, 5.41) is 2.82. The second-order valence-corrected chi connectivity index (χ2v) is 8.89. The van der Waals surface area contributed by atoms with Gasteiger partial charge in [-0.2, -0.15) is 4.39 Å². The lowest BCUT2D eigenvalue weighted by Crippen LogP contribution is -2.45. The van der Waals surface area contributed by atoms with E-state index in [1.165, 1.54) is 12.3 Å². The van der Waals surface area contributed by atoms with Crippen LogP contribution in [0.25, 0.3) is 0 Å². The second-order valence-electron chi connectivity index (χ2n) is 8.89. The lowest BCUT2D eigenvalue weighted by molar-refractivity contribution is -0.126. The molecular weight excluding hydrogens is 461 g/mol. The normalized spacial score (nSPS) is 14.7. The molecule has 0 radical (unpaired) electrons. The number of likely N-dealkylation sites (tertiary alicyclic amines) is 1. The summed E-state index contributed by atoms with van der Waals surface area (Å²) in [5.41, 5.74) is 2.55. The molecule has 1 saturated heterocycles. The fraction of sp³-hybridized carbons (Fsp3) is 0.286. The fourth-order valence-corrected chi connectivity index (χ4v) is 4.26. The van der Waals surface area contributed by atoms with Gasteiger partial charge in [-0.25, -0.2) is 9.78 Å². The van der Waals surface area contributed by atoms with Crippen molar-refractivity contribution in [1.29, 1.82) is 0 Å². The molecule has 1 fully saturated rings. The minimum Gasteiger partial charge on any atom is -0.445 e. The Morgan fingerprint density at radius 1 is 1.06 bits per heavy atom. The van der Waals surface area contributed by atoms with E-state index in [0.717, 1.165) is 17.2 Å². The number of carbonyl (C=O) groups excluding carboxylic acids is 3. The van der Waals surface area contributed by atoms with E-state index in [2.05, 4.69) is 10.3 Å². The third-order valence-electron chi connectivity index (χ3n) is 6.26. The number of carbonyl (C=O) groups is 3. The Labute approximate surface area is 209 Å². The molecule has 8 heteroatoms. The van der Waals surface area contributed by atoms with E-state index in [9.17, 15) is 18.8 Å². The predicted octanol–water partition coefficient (Wildman–Crippen LogP) is 4.62. The van der Waals surface area contributed by atoms with E-state index in [4.69, 9.17) is 4.74 Å². The van der Waals surface area contributed by atoms with Crippen molar-refractivity contribution in [1.82, 2.24) is 15.2 Å². The van der Waals surface area contributed by atoms with Crippen LogP contribution in [-0.2, 0) is 16.1 Å². The van der Waals surface area contributed by atoms with Gasteiger partial charge in [0.05, 0.1) is 0 Å². The molecule has 186 valence electrons. The number of halogens is 1. The van der Waals surface area contributed by atoms with Crippen LogP contribution in [0.5, 0.6) is 0 Å². The van der Waals surface area contributed by atoms with E-state index in [0.29, 0.717) is 37.1 Å². The number of piperidine rings is 1. The van der Waals surface area contributed by atoms with Crippen molar-refractivity contribution in [3.63, 3.8) is 0 Å². The van der Waals surface area contributed by atoms with Gasteiger partial charge in [-0.15, -0.1) is 0 Å². The zero-order valence-electron chi connectivity index (χ0n) is 20.0. The molecule has 2 aromatic carbocycles. The Morgan fingerprint density at radius 2 is 1.81 bits per heavy atom. The maximum atomic E-state index is 13.9. The zero-order valence-corrected chi connectivity index (χ0v) is 20.0. The summed E-state index contributed by atoms with van der Waals surface area (Å²) < 4.78 is 19.2. The molecule has 1 aliphatic rings. The van der Waals surface area contributed by atoms with Crippen LogP contribution >= 0.6 is 0 Å². The lowest BCUT2D eigenvalue weighted by atomic mass is 9.93. The first-order valence-electron chi connectivity index (χ1n) is 11.9. The second kappa shape index (κ2) is 11.6. The molecule has 2 amide bonds. The highest BCUT2D eigenvalue weighted by Gasteiger charge is 2.32. The Bertz CT molecular complexity index is 1230. The van der Waals surface area contributed by atoms with Crippen LogP contribution in [0.4, 0.5) is 9.18 Å².